The molecule has 10 unspecified atom stereocenters. The molecule has 3 aliphatic carbocycles. The Balaban J connectivity index is 1.08. The number of fused-ring (bicyclic) bond motifs is 5. The van der Waals surface area contributed by atoms with E-state index in [0.29, 0.717) is 17.9 Å². The second kappa shape index (κ2) is 12.1. The van der Waals surface area contributed by atoms with Gasteiger partial charge in [0.2, 0.25) is 17.7 Å². The molecule has 10 nitrogen and oxygen atoms in total. The lowest BCUT2D eigenvalue weighted by Gasteiger charge is -2.55. The van der Waals surface area contributed by atoms with Gasteiger partial charge in [0.05, 0.1) is 30.3 Å². The minimum Gasteiger partial charge on any atom is -0.379 e. The standard InChI is InChI=1S/C31H50N4O6/c1-16(30(37)34-19-7-5-18(6-8-19)33-17(2)36)41-20-9-11-24-23(15-20)21-13-14-32-27-22-10-12-25(39-3)29(40-4)26(22)31(38)35(24)28(21)27/h16,18-29,32H,5-15H2,1-4H3,(H,33,36)(H,34,37)/t16-,18?,19?,20?,21?,22?,23?,24?,25?,26?,27?,28?,29?/m1/s1. The van der Waals surface area contributed by atoms with E-state index in [0.717, 1.165) is 70.8 Å². The largest absolute Gasteiger partial charge is 0.379 e. The van der Waals surface area contributed by atoms with Crippen LogP contribution < -0.4 is 16.0 Å². The summed E-state index contributed by atoms with van der Waals surface area (Å²) < 4.78 is 18.1. The van der Waals surface area contributed by atoms with E-state index in [2.05, 4.69) is 20.9 Å². The van der Waals surface area contributed by atoms with Crippen molar-refractivity contribution in [2.75, 3.05) is 20.8 Å². The average molecular weight is 575 g/mol. The number of hydrogen-bond acceptors (Lipinski definition) is 7. The number of rotatable bonds is 7. The van der Waals surface area contributed by atoms with Crippen molar-refractivity contribution in [3.05, 3.63) is 0 Å². The SMILES string of the molecule is COC1CCC2C3NCCC4C5CC(O[C@H](C)C(=O)NC6CCC(NC(C)=O)CC6)CCC5N(C(=O)C2C1OC)C43. The Hall–Kier alpha value is -1.75. The van der Waals surface area contributed by atoms with Gasteiger partial charge in [-0.3, -0.25) is 14.4 Å². The van der Waals surface area contributed by atoms with Crippen LogP contribution in [0.25, 0.3) is 0 Å². The van der Waals surface area contributed by atoms with Gasteiger partial charge in [0.25, 0.3) is 0 Å². The van der Waals surface area contributed by atoms with Crippen LogP contribution in [0.3, 0.4) is 0 Å². The van der Waals surface area contributed by atoms with Crippen LogP contribution in [0.2, 0.25) is 0 Å². The Morgan fingerprint density at radius 1 is 0.902 bits per heavy atom. The van der Waals surface area contributed by atoms with Crippen LogP contribution in [0.15, 0.2) is 0 Å². The second-order valence-corrected chi connectivity index (χ2v) is 13.6. The van der Waals surface area contributed by atoms with Crippen molar-refractivity contribution in [1.82, 2.24) is 20.9 Å². The smallest absolute Gasteiger partial charge is 0.249 e. The Labute approximate surface area is 244 Å². The molecule has 3 amide bonds. The van der Waals surface area contributed by atoms with Crippen molar-refractivity contribution in [1.29, 1.82) is 0 Å². The Kier molecular flexibility index (Phi) is 8.65. The highest BCUT2D eigenvalue weighted by molar-refractivity contribution is 5.83. The molecule has 6 rings (SSSR count). The van der Waals surface area contributed by atoms with Gasteiger partial charge in [-0.05, 0) is 95.4 Å². The lowest BCUT2D eigenvalue weighted by molar-refractivity contribution is -0.175. The Bertz CT molecular complexity index is 988. The molecule has 3 N–H and O–H groups in total. The highest BCUT2D eigenvalue weighted by Crippen LogP contribution is 2.54. The number of methoxy groups -OCH3 is 2. The van der Waals surface area contributed by atoms with E-state index >= 15 is 0 Å². The van der Waals surface area contributed by atoms with E-state index in [1.165, 1.54) is 0 Å². The van der Waals surface area contributed by atoms with E-state index in [9.17, 15) is 14.4 Å². The van der Waals surface area contributed by atoms with E-state index in [1.54, 1.807) is 21.1 Å². The lowest BCUT2D eigenvalue weighted by Crippen LogP contribution is -2.70. The summed E-state index contributed by atoms with van der Waals surface area (Å²) in [7, 11) is 3.45. The first kappa shape index (κ1) is 29.3. The molecule has 0 aromatic rings. The maximum Gasteiger partial charge on any atom is 0.249 e. The van der Waals surface area contributed by atoms with Gasteiger partial charge in [0, 0.05) is 45.3 Å². The number of carbonyl (C=O) groups excluding carboxylic acids is 3. The molecule has 3 saturated carbocycles. The normalized spacial score (nSPS) is 44.3. The number of carbonyl (C=O) groups is 3. The van der Waals surface area contributed by atoms with Crippen LogP contribution >= 0.6 is 0 Å². The van der Waals surface area contributed by atoms with Crippen molar-refractivity contribution in [2.24, 2.45) is 23.7 Å². The van der Waals surface area contributed by atoms with E-state index in [1.807, 2.05) is 6.92 Å². The molecule has 0 radical (unpaired) electrons. The topological polar surface area (TPSA) is 118 Å². The molecule has 0 aromatic heterocycles. The van der Waals surface area contributed by atoms with Crippen molar-refractivity contribution in [3.8, 4) is 0 Å². The van der Waals surface area contributed by atoms with Gasteiger partial charge in [0.1, 0.15) is 6.10 Å². The maximum absolute atomic E-state index is 14.2. The summed E-state index contributed by atoms with van der Waals surface area (Å²) in [6.45, 7) is 4.41. The lowest BCUT2D eigenvalue weighted by atomic mass is 9.64. The number of hydrogen-bond donors (Lipinski definition) is 3. The summed E-state index contributed by atoms with van der Waals surface area (Å²) in [6, 6.07) is 1.14. The van der Waals surface area contributed by atoms with Crippen molar-refractivity contribution >= 4 is 17.7 Å². The van der Waals surface area contributed by atoms with Gasteiger partial charge in [-0.25, -0.2) is 0 Å². The van der Waals surface area contributed by atoms with Crippen molar-refractivity contribution < 1.29 is 28.6 Å². The minimum absolute atomic E-state index is 0.00850. The highest BCUT2D eigenvalue weighted by Gasteiger charge is 2.64. The third kappa shape index (κ3) is 5.43. The molecule has 10 heteroatoms. The van der Waals surface area contributed by atoms with Gasteiger partial charge in [-0.1, -0.05) is 0 Å². The fourth-order valence-corrected chi connectivity index (χ4v) is 9.80. The average Bonchev–Trinajstić information content (AvgIpc) is 3.30. The van der Waals surface area contributed by atoms with E-state index in [-0.39, 0.29) is 72.0 Å². The fourth-order valence-electron chi connectivity index (χ4n) is 9.80. The number of piperidine rings is 2. The molecule has 230 valence electrons. The predicted molar refractivity (Wildman–Crippen MR) is 152 cm³/mol. The minimum atomic E-state index is -0.507. The van der Waals surface area contributed by atoms with Gasteiger partial charge < -0.3 is 35.1 Å². The summed E-state index contributed by atoms with van der Waals surface area (Å²) in [5.74, 6) is 1.25. The summed E-state index contributed by atoms with van der Waals surface area (Å²) >= 11 is 0. The Morgan fingerprint density at radius 2 is 1.63 bits per heavy atom. The monoisotopic (exact) mass is 574 g/mol. The summed E-state index contributed by atoms with van der Waals surface area (Å²) in [6.07, 6.45) is 8.50. The predicted octanol–water partition coefficient (Wildman–Crippen LogP) is 1.75. The van der Waals surface area contributed by atoms with Crippen LogP contribution in [0, 0.1) is 23.7 Å². The third-order valence-electron chi connectivity index (χ3n) is 11.5. The van der Waals surface area contributed by atoms with Crippen molar-refractivity contribution in [2.45, 2.75) is 133 Å². The zero-order chi connectivity index (χ0) is 28.8. The van der Waals surface area contributed by atoms with Crippen LogP contribution in [-0.4, -0.2) is 98.0 Å². The molecule has 0 aromatic carbocycles. The van der Waals surface area contributed by atoms with Crippen molar-refractivity contribution in [3.63, 3.8) is 0 Å². The summed E-state index contributed by atoms with van der Waals surface area (Å²) in [5.41, 5.74) is 0. The van der Waals surface area contributed by atoms with Gasteiger partial charge in [-0.2, -0.15) is 0 Å². The van der Waals surface area contributed by atoms with E-state index < -0.39 is 6.10 Å². The zero-order valence-corrected chi connectivity index (χ0v) is 25.2. The third-order valence-corrected chi connectivity index (χ3v) is 11.5. The number of ether oxygens (including phenoxy) is 3. The van der Waals surface area contributed by atoms with Gasteiger partial charge in [-0.15, -0.1) is 0 Å². The molecule has 3 saturated heterocycles. The molecule has 6 fully saturated rings. The first-order chi connectivity index (χ1) is 19.8. The molecule has 3 aliphatic heterocycles. The summed E-state index contributed by atoms with van der Waals surface area (Å²) in [5, 5.41) is 10.0. The number of nitrogens with one attached hydrogen (secondary N) is 3. The van der Waals surface area contributed by atoms with Crippen LogP contribution in [0.5, 0.6) is 0 Å². The molecular weight excluding hydrogens is 524 g/mol. The second-order valence-electron chi connectivity index (χ2n) is 13.6. The zero-order valence-electron chi connectivity index (χ0n) is 25.2. The highest BCUT2D eigenvalue weighted by atomic mass is 16.5. The fraction of sp³-hybridized carbons (Fsp3) is 0.903. The quantitative estimate of drug-likeness (QED) is 0.424. The molecule has 3 heterocycles. The van der Waals surface area contributed by atoms with Crippen LogP contribution in [0.1, 0.15) is 78.1 Å². The number of amides is 3. The maximum atomic E-state index is 14.2. The number of nitrogens with zero attached hydrogens (tertiary/aromatic N) is 1. The van der Waals surface area contributed by atoms with E-state index in [4.69, 9.17) is 14.2 Å². The van der Waals surface area contributed by atoms with Crippen LogP contribution in [0.4, 0.5) is 0 Å². The van der Waals surface area contributed by atoms with Gasteiger partial charge >= 0.3 is 0 Å². The molecule has 0 bridgehead atoms. The first-order valence-electron chi connectivity index (χ1n) is 16.1. The first-order valence-corrected chi connectivity index (χ1v) is 16.1. The van der Waals surface area contributed by atoms with Crippen LogP contribution in [-0.2, 0) is 28.6 Å². The molecule has 41 heavy (non-hydrogen) atoms. The van der Waals surface area contributed by atoms with Gasteiger partial charge in [0.15, 0.2) is 0 Å². The molecule has 6 aliphatic rings. The molecule has 0 spiro atoms. The molecule has 11 atom stereocenters. The molecular formula is C31H50N4O6. The summed E-state index contributed by atoms with van der Waals surface area (Å²) in [4.78, 5) is 40.9. The Morgan fingerprint density at radius 3 is 2.32 bits per heavy atom.